The lowest BCUT2D eigenvalue weighted by molar-refractivity contribution is 0.354. The Hall–Kier alpha value is -2.53. The highest BCUT2D eigenvalue weighted by atomic mass is 16.5. The zero-order chi connectivity index (χ0) is 14.7. The number of aromatic nitrogens is 3. The van der Waals surface area contributed by atoms with Crippen molar-refractivity contribution in [2.24, 2.45) is 5.73 Å². The smallest absolute Gasteiger partial charge is 0.244 e. The Labute approximate surface area is 122 Å². The highest BCUT2D eigenvalue weighted by Crippen LogP contribution is 2.18. The Morgan fingerprint density at radius 2 is 1.86 bits per heavy atom. The predicted molar refractivity (Wildman–Crippen MR) is 79.3 cm³/mol. The van der Waals surface area contributed by atoms with Gasteiger partial charge in [-0.15, -0.1) is 0 Å². The summed E-state index contributed by atoms with van der Waals surface area (Å²) < 4.78 is 5.27. The Kier molecular flexibility index (Phi) is 3.75. The van der Waals surface area contributed by atoms with Crippen LogP contribution in [0.1, 0.15) is 23.2 Å². The molecule has 2 aromatic heterocycles. The summed E-state index contributed by atoms with van der Waals surface area (Å²) in [7, 11) is 0. The molecule has 0 aliphatic rings. The van der Waals surface area contributed by atoms with Gasteiger partial charge in [-0.25, -0.2) is 4.98 Å². The van der Waals surface area contributed by atoms with E-state index in [1.54, 1.807) is 0 Å². The van der Waals surface area contributed by atoms with Crippen LogP contribution in [0.2, 0.25) is 0 Å². The van der Waals surface area contributed by atoms with Crippen LogP contribution in [0.5, 0.6) is 0 Å². The lowest BCUT2D eigenvalue weighted by atomic mass is 10.1. The molecule has 2 N–H and O–H groups in total. The van der Waals surface area contributed by atoms with Crippen molar-refractivity contribution in [3.8, 4) is 11.5 Å². The van der Waals surface area contributed by atoms with Gasteiger partial charge in [0, 0.05) is 5.69 Å². The Bertz CT molecular complexity index is 724. The monoisotopic (exact) mass is 280 g/mol. The second-order valence-corrected chi connectivity index (χ2v) is 4.92. The summed E-state index contributed by atoms with van der Waals surface area (Å²) in [6.45, 7) is 1.92. The molecule has 0 amide bonds. The van der Waals surface area contributed by atoms with Crippen molar-refractivity contribution in [1.29, 1.82) is 0 Å². The predicted octanol–water partition coefficient (Wildman–Crippen LogP) is 2.68. The van der Waals surface area contributed by atoms with Crippen molar-refractivity contribution in [2.45, 2.75) is 19.4 Å². The highest BCUT2D eigenvalue weighted by Gasteiger charge is 2.16. The van der Waals surface area contributed by atoms with Gasteiger partial charge in [0.05, 0.1) is 6.04 Å². The average Bonchev–Trinajstić information content (AvgIpc) is 2.98. The first kappa shape index (κ1) is 13.5. The normalized spacial score (nSPS) is 12.3. The van der Waals surface area contributed by atoms with E-state index in [0.717, 1.165) is 11.3 Å². The molecule has 0 bridgehead atoms. The van der Waals surface area contributed by atoms with Gasteiger partial charge in [0.2, 0.25) is 11.7 Å². The third-order valence-electron chi connectivity index (χ3n) is 3.17. The maximum absolute atomic E-state index is 6.13. The van der Waals surface area contributed by atoms with Crippen LogP contribution in [-0.4, -0.2) is 15.1 Å². The third-order valence-corrected chi connectivity index (χ3v) is 3.17. The van der Waals surface area contributed by atoms with E-state index in [9.17, 15) is 0 Å². The Morgan fingerprint density at radius 1 is 1.05 bits per heavy atom. The van der Waals surface area contributed by atoms with Crippen molar-refractivity contribution in [1.82, 2.24) is 15.1 Å². The molecule has 5 nitrogen and oxygen atoms in total. The van der Waals surface area contributed by atoms with Gasteiger partial charge in [-0.05, 0) is 31.0 Å². The van der Waals surface area contributed by atoms with E-state index < -0.39 is 0 Å². The van der Waals surface area contributed by atoms with E-state index in [-0.39, 0.29) is 6.04 Å². The van der Waals surface area contributed by atoms with Gasteiger partial charge in [0.25, 0.3) is 0 Å². The summed E-state index contributed by atoms with van der Waals surface area (Å²) in [5.41, 5.74) is 8.87. The second kappa shape index (κ2) is 5.85. The number of benzene rings is 1. The number of hydrogen-bond acceptors (Lipinski definition) is 5. The third kappa shape index (κ3) is 3.14. The molecule has 0 spiro atoms. The number of rotatable bonds is 4. The average molecular weight is 280 g/mol. The van der Waals surface area contributed by atoms with E-state index in [2.05, 4.69) is 15.1 Å². The quantitative estimate of drug-likeness (QED) is 0.795. The lowest BCUT2D eigenvalue weighted by Crippen LogP contribution is -2.13. The van der Waals surface area contributed by atoms with Crippen LogP contribution < -0.4 is 5.73 Å². The van der Waals surface area contributed by atoms with E-state index in [4.69, 9.17) is 10.3 Å². The minimum atomic E-state index is -0.321. The first-order chi connectivity index (χ1) is 10.2. The number of pyridine rings is 1. The van der Waals surface area contributed by atoms with Gasteiger partial charge in [0.1, 0.15) is 5.69 Å². The van der Waals surface area contributed by atoms with E-state index in [1.165, 1.54) is 0 Å². The molecule has 0 unspecified atom stereocenters. The Balaban J connectivity index is 1.78. The molecule has 1 aromatic carbocycles. The summed E-state index contributed by atoms with van der Waals surface area (Å²) in [4.78, 5) is 8.73. The van der Waals surface area contributed by atoms with Crippen LogP contribution in [0, 0.1) is 6.92 Å². The van der Waals surface area contributed by atoms with Gasteiger partial charge in [-0.3, -0.25) is 0 Å². The number of hydrogen-bond donors (Lipinski definition) is 1. The van der Waals surface area contributed by atoms with E-state index >= 15 is 0 Å². The summed E-state index contributed by atoms with van der Waals surface area (Å²) in [6.07, 6.45) is 0.656. The lowest BCUT2D eigenvalue weighted by Gasteiger charge is -2.05. The van der Waals surface area contributed by atoms with Crippen molar-refractivity contribution in [3.63, 3.8) is 0 Å². The van der Waals surface area contributed by atoms with Crippen LogP contribution in [0.3, 0.4) is 0 Å². The Morgan fingerprint density at radius 3 is 2.62 bits per heavy atom. The summed E-state index contributed by atoms with van der Waals surface area (Å²) in [5.74, 6) is 0.898. The number of nitrogens with two attached hydrogens (primary N) is 1. The van der Waals surface area contributed by atoms with Crippen molar-refractivity contribution in [3.05, 3.63) is 65.7 Å². The molecular weight excluding hydrogens is 264 g/mol. The van der Waals surface area contributed by atoms with Crippen LogP contribution in [0.4, 0.5) is 0 Å². The molecule has 0 saturated heterocycles. The van der Waals surface area contributed by atoms with Gasteiger partial charge in [-0.2, -0.15) is 4.98 Å². The summed E-state index contributed by atoms with van der Waals surface area (Å²) in [5, 5.41) is 3.96. The maximum atomic E-state index is 6.13. The fourth-order valence-electron chi connectivity index (χ4n) is 2.11. The molecule has 3 rings (SSSR count). The molecule has 21 heavy (non-hydrogen) atoms. The van der Waals surface area contributed by atoms with Crippen molar-refractivity contribution >= 4 is 0 Å². The number of aryl methyl sites for hydroxylation is 1. The minimum absolute atomic E-state index is 0.321. The van der Waals surface area contributed by atoms with E-state index in [1.807, 2.05) is 55.5 Å². The molecule has 0 fully saturated rings. The standard InChI is InChI=1S/C16H16N4O/c1-11-6-5-9-14(18-11)15-19-16(21-20-15)13(17)10-12-7-3-2-4-8-12/h2-9,13H,10,17H2,1H3/t13-/m0/s1. The molecule has 0 radical (unpaired) electrons. The zero-order valence-electron chi connectivity index (χ0n) is 11.7. The second-order valence-electron chi connectivity index (χ2n) is 4.92. The maximum Gasteiger partial charge on any atom is 0.244 e. The van der Waals surface area contributed by atoms with Gasteiger partial charge in [-0.1, -0.05) is 41.6 Å². The fraction of sp³-hybridized carbons (Fsp3) is 0.188. The molecule has 1 atom stereocenters. The van der Waals surface area contributed by atoms with Gasteiger partial charge < -0.3 is 10.3 Å². The van der Waals surface area contributed by atoms with Crippen molar-refractivity contribution in [2.75, 3.05) is 0 Å². The van der Waals surface area contributed by atoms with Crippen LogP contribution in [-0.2, 0) is 6.42 Å². The van der Waals surface area contributed by atoms with Gasteiger partial charge >= 0.3 is 0 Å². The highest BCUT2D eigenvalue weighted by molar-refractivity contribution is 5.48. The molecule has 0 aliphatic heterocycles. The molecular formula is C16H16N4O. The fourth-order valence-corrected chi connectivity index (χ4v) is 2.11. The summed E-state index contributed by atoms with van der Waals surface area (Å²) >= 11 is 0. The van der Waals surface area contributed by atoms with Gasteiger partial charge in [0.15, 0.2) is 0 Å². The van der Waals surface area contributed by atoms with Crippen molar-refractivity contribution < 1.29 is 4.52 Å². The molecule has 0 saturated carbocycles. The first-order valence-corrected chi connectivity index (χ1v) is 6.79. The summed E-state index contributed by atoms with van der Waals surface area (Å²) in [6, 6.07) is 15.4. The van der Waals surface area contributed by atoms with Crippen LogP contribution in [0.25, 0.3) is 11.5 Å². The molecule has 3 aromatic rings. The van der Waals surface area contributed by atoms with Crippen LogP contribution >= 0.6 is 0 Å². The first-order valence-electron chi connectivity index (χ1n) is 6.79. The molecule has 5 heteroatoms. The molecule has 2 heterocycles. The minimum Gasteiger partial charge on any atom is -0.337 e. The SMILES string of the molecule is Cc1cccc(-c2noc([C@@H](N)Cc3ccccc3)n2)n1. The topological polar surface area (TPSA) is 77.8 Å². The van der Waals surface area contributed by atoms with Crippen LogP contribution in [0.15, 0.2) is 53.1 Å². The number of nitrogens with zero attached hydrogens (tertiary/aromatic N) is 3. The van der Waals surface area contributed by atoms with E-state index in [0.29, 0.717) is 23.8 Å². The molecule has 106 valence electrons. The largest absolute Gasteiger partial charge is 0.337 e. The zero-order valence-corrected chi connectivity index (χ0v) is 11.7. The molecule has 0 aliphatic carbocycles.